The number of aliphatic imine (C=N–C) groups is 1. The van der Waals surface area contributed by atoms with Gasteiger partial charge in [-0.3, -0.25) is 9.89 Å². The molecule has 2 N–H and O–H groups in total. The van der Waals surface area contributed by atoms with E-state index in [9.17, 15) is 0 Å². The smallest absolute Gasteiger partial charge is 0.191 e. The van der Waals surface area contributed by atoms with E-state index in [0.29, 0.717) is 6.61 Å². The highest BCUT2D eigenvalue weighted by atomic mass is 16.5. The SMILES string of the molecule is CCOc1cc(CCCNC(=NC)NCC(C)(C)N2CCOCC2)ccc1OC. The van der Waals surface area contributed by atoms with E-state index in [1.807, 2.05) is 20.0 Å². The van der Waals surface area contributed by atoms with E-state index in [4.69, 9.17) is 14.2 Å². The van der Waals surface area contributed by atoms with Crippen LogP contribution in [0, 0.1) is 0 Å². The van der Waals surface area contributed by atoms with Crippen LogP contribution >= 0.6 is 0 Å². The third-order valence-electron chi connectivity index (χ3n) is 5.24. The third-order valence-corrected chi connectivity index (χ3v) is 5.24. The van der Waals surface area contributed by atoms with Crippen molar-refractivity contribution in [1.29, 1.82) is 0 Å². The molecule has 1 aliphatic heterocycles. The topological polar surface area (TPSA) is 67.4 Å². The molecule has 0 unspecified atom stereocenters. The van der Waals surface area contributed by atoms with Crippen molar-refractivity contribution in [3.63, 3.8) is 0 Å². The molecule has 0 saturated carbocycles. The van der Waals surface area contributed by atoms with Crippen molar-refractivity contribution in [1.82, 2.24) is 15.5 Å². The van der Waals surface area contributed by atoms with Gasteiger partial charge in [0.1, 0.15) is 0 Å². The van der Waals surface area contributed by atoms with Gasteiger partial charge in [0.25, 0.3) is 0 Å². The van der Waals surface area contributed by atoms with E-state index in [1.54, 1.807) is 7.11 Å². The molecule has 1 aliphatic rings. The van der Waals surface area contributed by atoms with Crippen LogP contribution in [-0.2, 0) is 11.2 Å². The molecule has 0 bridgehead atoms. The average molecular weight is 407 g/mol. The Bertz CT molecular complexity index is 643. The summed E-state index contributed by atoms with van der Waals surface area (Å²) in [6.07, 6.45) is 1.97. The van der Waals surface area contributed by atoms with Crippen molar-refractivity contribution in [2.24, 2.45) is 4.99 Å². The van der Waals surface area contributed by atoms with Crippen molar-refractivity contribution >= 4 is 5.96 Å². The first-order valence-electron chi connectivity index (χ1n) is 10.6. The van der Waals surface area contributed by atoms with Crippen LogP contribution in [0.2, 0.25) is 0 Å². The number of rotatable bonds is 10. The van der Waals surface area contributed by atoms with Crippen LogP contribution in [0.5, 0.6) is 11.5 Å². The van der Waals surface area contributed by atoms with Gasteiger partial charge in [-0.2, -0.15) is 0 Å². The molecule has 1 saturated heterocycles. The van der Waals surface area contributed by atoms with Crippen molar-refractivity contribution < 1.29 is 14.2 Å². The number of nitrogens with one attached hydrogen (secondary N) is 2. The number of ether oxygens (including phenoxy) is 3. The zero-order valence-corrected chi connectivity index (χ0v) is 18.7. The van der Waals surface area contributed by atoms with E-state index >= 15 is 0 Å². The molecule has 0 spiro atoms. The highest BCUT2D eigenvalue weighted by Crippen LogP contribution is 2.28. The molecule has 2 rings (SSSR count). The summed E-state index contributed by atoms with van der Waals surface area (Å²) in [6.45, 7) is 12.4. The highest BCUT2D eigenvalue weighted by molar-refractivity contribution is 5.79. The molecule has 1 fully saturated rings. The van der Waals surface area contributed by atoms with Gasteiger partial charge in [0.15, 0.2) is 17.5 Å². The van der Waals surface area contributed by atoms with Gasteiger partial charge in [0.05, 0.1) is 26.9 Å². The van der Waals surface area contributed by atoms with Crippen LogP contribution < -0.4 is 20.1 Å². The molecule has 0 amide bonds. The van der Waals surface area contributed by atoms with Gasteiger partial charge in [-0.1, -0.05) is 6.07 Å². The fraction of sp³-hybridized carbons (Fsp3) is 0.682. The second-order valence-electron chi connectivity index (χ2n) is 7.79. The lowest BCUT2D eigenvalue weighted by Crippen LogP contribution is -2.56. The predicted octanol–water partition coefficient (Wildman–Crippen LogP) is 2.30. The van der Waals surface area contributed by atoms with Gasteiger partial charge in [0.2, 0.25) is 0 Å². The number of hydrogen-bond donors (Lipinski definition) is 2. The first-order valence-corrected chi connectivity index (χ1v) is 10.6. The largest absolute Gasteiger partial charge is 0.493 e. The van der Waals surface area contributed by atoms with Gasteiger partial charge in [-0.05, 0) is 51.3 Å². The molecule has 1 aromatic rings. The summed E-state index contributed by atoms with van der Waals surface area (Å²) >= 11 is 0. The molecule has 0 atom stereocenters. The monoisotopic (exact) mass is 406 g/mol. The Morgan fingerprint density at radius 3 is 2.62 bits per heavy atom. The maximum absolute atomic E-state index is 5.66. The minimum absolute atomic E-state index is 0.0557. The molecule has 0 aliphatic carbocycles. The second-order valence-corrected chi connectivity index (χ2v) is 7.79. The molecular formula is C22H38N4O3. The third kappa shape index (κ3) is 7.40. The van der Waals surface area contributed by atoms with Crippen LogP contribution in [0.1, 0.15) is 32.8 Å². The zero-order valence-electron chi connectivity index (χ0n) is 18.7. The molecule has 1 heterocycles. The fourth-order valence-corrected chi connectivity index (χ4v) is 3.45. The minimum Gasteiger partial charge on any atom is -0.493 e. The number of morpholine rings is 1. The van der Waals surface area contributed by atoms with Gasteiger partial charge in [0, 0.05) is 38.8 Å². The molecule has 7 nitrogen and oxygen atoms in total. The van der Waals surface area contributed by atoms with Crippen LogP contribution in [0.15, 0.2) is 23.2 Å². The number of guanidine groups is 1. The summed E-state index contributed by atoms with van der Waals surface area (Å²) < 4.78 is 16.5. The number of hydrogen-bond acceptors (Lipinski definition) is 5. The first-order chi connectivity index (χ1) is 14.0. The molecular weight excluding hydrogens is 368 g/mol. The maximum Gasteiger partial charge on any atom is 0.191 e. The predicted molar refractivity (Wildman–Crippen MR) is 118 cm³/mol. The Balaban J connectivity index is 1.75. The Morgan fingerprint density at radius 2 is 1.97 bits per heavy atom. The van der Waals surface area contributed by atoms with E-state index < -0.39 is 0 Å². The molecule has 7 heteroatoms. The van der Waals surface area contributed by atoms with E-state index in [0.717, 1.165) is 69.7 Å². The summed E-state index contributed by atoms with van der Waals surface area (Å²) in [4.78, 5) is 6.83. The van der Waals surface area contributed by atoms with Gasteiger partial charge in [-0.25, -0.2) is 0 Å². The molecule has 29 heavy (non-hydrogen) atoms. The number of aryl methyl sites for hydroxylation is 1. The van der Waals surface area contributed by atoms with Crippen molar-refractivity contribution in [3.05, 3.63) is 23.8 Å². The van der Waals surface area contributed by atoms with Crippen molar-refractivity contribution in [3.8, 4) is 11.5 Å². The molecule has 164 valence electrons. The molecule has 0 aromatic heterocycles. The second kappa shape index (κ2) is 11.9. The lowest BCUT2D eigenvalue weighted by Gasteiger charge is -2.41. The zero-order chi connectivity index (χ0) is 21.1. The lowest BCUT2D eigenvalue weighted by molar-refractivity contribution is -0.00833. The van der Waals surface area contributed by atoms with E-state index in [2.05, 4.69) is 46.5 Å². The standard InChI is InChI=1S/C22H38N4O3/c1-6-29-20-16-18(9-10-19(20)27-5)8-7-11-24-21(23-4)25-17-22(2,3)26-12-14-28-15-13-26/h9-10,16H,6-8,11-15,17H2,1-5H3,(H2,23,24,25). The molecule has 0 radical (unpaired) electrons. The highest BCUT2D eigenvalue weighted by Gasteiger charge is 2.28. The Morgan fingerprint density at radius 1 is 1.21 bits per heavy atom. The lowest BCUT2D eigenvalue weighted by atomic mass is 10.0. The summed E-state index contributed by atoms with van der Waals surface area (Å²) in [7, 11) is 3.48. The van der Waals surface area contributed by atoms with E-state index in [-0.39, 0.29) is 5.54 Å². The first kappa shape index (κ1) is 23.3. The summed E-state index contributed by atoms with van der Waals surface area (Å²) in [5.41, 5.74) is 1.30. The average Bonchev–Trinajstić information content (AvgIpc) is 2.74. The minimum atomic E-state index is 0.0557. The Hall–Kier alpha value is -1.99. The quantitative estimate of drug-likeness (QED) is 0.353. The summed E-state index contributed by atoms with van der Waals surface area (Å²) in [5, 5.41) is 6.88. The Kier molecular flexibility index (Phi) is 9.54. The Labute approximate surface area is 175 Å². The van der Waals surface area contributed by atoms with Crippen molar-refractivity contribution in [2.75, 3.05) is 60.2 Å². The number of methoxy groups -OCH3 is 1. The van der Waals surface area contributed by atoms with Gasteiger partial charge < -0.3 is 24.8 Å². The van der Waals surface area contributed by atoms with Crippen LogP contribution in [0.25, 0.3) is 0 Å². The number of nitrogens with zero attached hydrogens (tertiary/aromatic N) is 2. The van der Waals surface area contributed by atoms with Crippen LogP contribution in [-0.4, -0.2) is 76.6 Å². The summed E-state index contributed by atoms with van der Waals surface area (Å²) in [5.74, 6) is 2.43. The van der Waals surface area contributed by atoms with Gasteiger partial charge in [-0.15, -0.1) is 0 Å². The van der Waals surface area contributed by atoms with Crippen molar-refractivity contribution in [2.45, 2.75) is 39.2 Å². The van der Waals surface area contributed by atoms with E-state index in [1.165, 1.54) is 5.56 Å². The van der Waals surface area contributed by atoms with Crippen LogP contribution in [0.3, 0.4) is 0 Å². The van der Waals surface area contributed by atoms with Crippen LogP contribution in [0.4, 0.5) is 0 Å². The number of benzene rings is 1. The maximum atomic E-state index is 5.66. The van der Waals surface area contributed by atoms with Gasteiger partial charge >= 0.3 is 0 Å². The molecule has 1 aromatic carbocycles. The summed E-state index contributed by atoms with van der Waals surface area (Å²) in [6, 6.07) is 6.14. The fourth-order valence-electron chi connectivity index (χ4n) is 3.45. The normalized spacial score (nSPS) is 15.8.